The molecule has 2 aliphatic carbocycles. The number of unbranched alkanes of at least 4 members (excludes halogenated alkanes) is 1. The van der Waals surface area contributed by atoms with Crippen molar-refractivity contribution in [1.82, 2.24) is 0 Å². The number of fused-ring (bicyclic) bond motifs is 1. The second kappa shape index (κ2) is 10.4. The third-order valence-corrected chi connectivity index (χ3v) is 29.9. The number of hydrogen-bond donors (Lipinski definition) is 0. The molecule has 0 aliphatic heterocycles. The van der Waals surface area contributed by atoms with Crippen LogP contribution in [0.25, 0.3) is 17.2 Å². The van der Waals surface area contributed by atoms with E-state index in [9.17, 15) is 0 Å². The SMILES string of the molecule is CCCCC1=C[CH]([Zr]([CH]2C(C)=Cc3c(-c4ccc(C(C)(C)C)cc4)cccc32)[SiH](C)C)C(C)=C1. The third kappa shape index (κ3) is 5.15. The summed E-state index contributed by atoms with van der Waals surface area (Å²) in [5.41, 5.74) is 12.5. The van der Waals surface area contributed by atoms with Crippen molar-refractivity contribution in [3.05, 3.63) is 88.0 Å². The van der Waals surface area contributed by atoms with Gasteiger partial charge < -0.3 is 0 Å². The van der Waals surface area contributed by atoms with Gasteiger partial charge in [-0.25, -0.2) is 0 Å². The Balaban J connectivity index is 1.71. The molecule has 0 saturated carbocycles. The van der Waals surface area contributed by atoms with Crippen molar-refractivity contribution < 1.29 is 20.9 Å². The van der Waals surface area contributed by atoms with Gasteiger partial charge in [-0.2, -0.15) is 0 Å². The van der Waals surface area contributed by atoms with Crippen LogP contribution in [-0.2, 0) is 26.3 Å². The van der Waals surface area contributed by atoms with Crippen molar-refractivity contribution in [2.45, 2.75) is 86.6 Å². The van der Waals surface area contributed by atoms with Crippen molar-refractivity contribution in [1.29, 1.82) is 0 Å². The second-order valence-electron chi connectivity index (χ2n) is 11.8. The number of hydrogen-bond acceptors (Lipinski definition) is 0. The molecule has 4 rings (SSSR count). The monoisotopic (exact) mass is 545 g/mol. The Morgan fingerprint density at radius 2 is 1.62 bits per heavy atom. The van der Waals surface area contributed by atoms with E-state index < -0.39 is 26.8 Å². The molecule has 0 nitrogen and oxygen atoms in total. The zero-order valence-electron chi connectivity index (χ0n) is 22.6. The average Bonchev–Trinajstić information content (AvgIpc) is 3.31. The molecule has 34 heavy (non-hydrogen) atoms. The molecule has 0 aromatic heterocycles. The van der Waals surface area contributed by atoms with Gasteiger partial charge in [0.1, 0.15) is 0 Å². The Labute approximate surface area is 217 Å². The van der Waals surface area contributed by atoms with E-state index in [0.717, 1.165) is 7.25 Å². The predicted octanol–water partition coefficient (Wildman–Crippen LogP) is 9.58. The van der Waals surface area contributed by atoms with E-state index in [2.05, 4.69) is 115 Å². The Hall–Kier alpha value is -1.24. The summed E-state index contributed by atoms with van der Waals surface area (Å²) in [4.78, 5) is 0. The molecular weight excluding hydrogens is 504 g/mol. The van der Waals surface area contributed by atoms with Gasteiger partial charge in [0.05, 0.1) is 0 Å². The summed E-state index contributed by atoms with van der Waals surface area (Å²) in [5.74, 6) is -0.727. The molecule has 0 radical (unpaired) electrons. The van der Waals surface area contributed by atoms with E-state index in [1.165, 1.54) is 41.5 Å². The molecule has 2 aromatic rings. The van der Waals surface area contributed by atoms with Gasteiger partial charge in [-0.05, 0) is 0 Å². The van der Waals surface area contributed by atoms with Crippen molar-refractivity contribution in [2.24, 2.45) is 0 Å². The maximum absolute atomic E-state index is 2.73. The number of benzene rings is 2. The maximum atomic E-state index is 2.73. The first-order chi connectivity index (χ1) is 16.1. The molecule has 179 valence electrons. The van der Waals surface area contributed by atoms with Gasteiger partial charge in [0.25, 0.3) is 0 Å². The van der Waals surface area contributed by atoms with Gasteiger partial charge in [0.15, 0.2) is 0 Å². The van der Waals surface area contributed by atoms with Crippen molar-refractivity contribution in [3.8, 4) is 11.1 Å². The van der Waals surface area contributed by atoms with Crippen molar-refractivity contribution in [3.63, 3.8) is 0 Å². The van der Waals surface area contributed by atoms with Gasteiger partial charge >= 0.3 is 219 Å². The van der Waals surface area contributed by atoms with Crippen LogP contribution in [-0.4, -0.2) is 5.92 Å². The summed E-state index contributed by atoms with van der Waals surface area (Å²) in [7, 11) is 0. The summed E-state index contributed by atoms with van der Waals surface area (Å²) in [5, 5.41) is 0. The zero-order valence-corrected chi connectivity index (χ0v) is 26.2. The quantitative estimate of drug-likeness (QED) is 0.303. The van der Waals surface area contributed by atoms with Crippen LogP contribution in [0.3, 0.4) is 0 Å². The summed E-state index contributed by atoms with van der Waals surface area (Å²) in [6.07, 6.45) is 11.7. The van der Waals surface area contributed by atoms with Crippen LogP contribution in [0.5, 0.6) is 0 Å². The first kappa shape index (κ1) is 25.8. The van der Waals surface area contributed by atoms with Crippen LogP contribution in [0.4, 0.5) is 0 Å². The molecule has 0 amide bonds. The molecule has 0 fully saturated rings. The molecule has 0 heterocycles. The summed E-state index contributed by atoms with van der Waals surface area (Å²) in [6.45, 7) is 19.4. The molecule has 0 bridgehead atoms. The van der Waals surface area contributed by atoms with Gasteiger partial charge in [-0.15, -0.1) is 0 Å². The van der Waals surface area contributed by atoms with Crippen LogP contribution >= 0.6 is 0 Å². The van der Waals surface area contributed by atoms with E-state index in [0.29, 0.717) is 0 Å². The third-order valence-electron chi connectivity index (χ3n) is 7.80. The van der Waals surface area contributed by atoms with Crippen LogP contribution in [0.2, 0.25) is 16.7 Å². The summed E-state index contributed by atoms with van der Waals surface area (Å²) < 4.78 is 1.54. The van der Waals surface area contributed by atoms with Gasteiger partial charge in [0, 0.05) is 0 Å². The van der Waals surface area contributed by atoms with E-state index in [-0.39, 0.29) is 5.41 Å². The number of rotatable bonds is 7. The molecular formula is C32H43SiZr. The number of allylic oxidation sites excluding steroid dienone is 5. The molecule has 2 aliphatic rings. The molecule has 0 N–H and O–H groups in total. The van der Waals surface area contributed by atoms with Gasteiger partial charge in [0.2, 0.25) is 0 Å². The van der Waals surface area contributed by atoms with Crippen LogP contribution in [0.15, 0.2) is 71.3 Å². The summed E-state index contributed by atoms with van der Waals surface area (Å²) in [6, 6.07) is 16.5. The van der Waals surface area contributed by atoms with Crippen LogP contribution < -0.4 is 0 Å². The van der Waals surface area contributed by atoms with E-state index in [1.807, 2.05) is 0 Å². The summed E-state index contributed by atoms with van der Waals surface area (Å²) >= 11 is -1.80. The molecule has 2 atom stereocenters. The Kier molecular flexibility index (Phi) is 7.90. The molecule has 2 unspecified atom stereocenters. The molecule has 0 spiro atoms. The fraction of sp³-hybridized carbons (Fsp3) is 0.438. The van der Waals surface area contributed by atoms with Crippen LogP contribution in [0, 0.1) is 0 Å². The molecule has 0 saturated heterocycles. The Morgan fingerprint density at radius 1 is 0.912 bits per heavy atom. The van der Waals surface area contributed by atoms with Crippen molar-refractivity contribution in [2.75, 3.05) is 0 Å². The molecule has 2 heteroatoms. The zero-order chi connectivity index (χ0) is 24.6. The van der Waals surface area contributed by atoms with E-state index >= 15 is 0 Å². The van der Waals surface area contributed by atoms with Gasteiger partial charge in [-0.3, -0.25) is 0 Å². The molecule has 2 aromatic carbocycles. The normalized spacial score (nSPS) is 19.7. The second-order valence-corrected chi connectivity index (χ2v) is 32.0. The minimum absolute atomic E-state index is 0.192. The first-order valence-corrected chi connectivity index (χ1v) is 23.3. The Morgan fingerprint density at radius 3 is 2.24 bits per heavy atom. The topological polar surface area (TPSA) is 0 Å². The first-order valence-electron chi connectivity index (χ1n) is 13.3. The van der Waals surface area contributed by atoms with E-state index in [1.54, 1.807) is 22.3 Å². The van der Waals surface area contributed by atoms with Crippen LogP contribution in [0.1, 0.15) is 81.1 Å². The predicted molar refractivity (Wildman–Crippen MR) is 151 cm³/mol. The Bertz CT molecular complexity index is 1120. The van der Waals surface area contributed by atoms with Gasteiger partial charge in [-0.1, -0.05) is 0 Å². The van der Waals surface area contributed by atoms with E-state index in [4.69, 9.17) is 0 Å². The average molecular weight is 547 g/mol. The fourth-order valence-corrected chi connectivity index (χ4v) is 28.7. The van der Waals surface area contributed by atoms with Crippen molar-refractivity contribution >= 4 is 12.0 Å². The standard InChI is InChI=1S/C20H21.C10H15.C2H7Si.Zr/c1-14-12-16-6-5-7-18(19(16)13-14)15-8-10-17(11-9-15)20(2,3)4;1-3-4-5-10-7-6-9(2)8-10;1-3-2;/h5-13H,1-4H3;6-8H,3-5H2,1-2H3;3H,1-2H3;. The minimum atomic E-state index is -1.80. The fourth-order valence-electron chi connectivity index (χ4n) is 5.94.